The van der Waals surface area contributed by atoms with Gasteiger partial charge in [0, 0.05) is 31.3 Å². The third-order valence-corrected chi connectivity index (χ3v) is 14.3. The number of likely N-dealkylation sites (tertiary alicyclic amines) is 1. The summed E-state index contributed by atoms with van der Waals surface area (Å²) in [5, 5.41) is 14.2. The highest BCUT2D eigenvalue weighted by Crippen LogP contribution is 2.45. The zero-order chi connectivity index (χ0) is 56.4. The van der Waals surface area contributed by atoms with Gasteiger partial charge in [-0.2, -0.15) is 31.6 Å². The number of aromatic nitrogens is 2. The Bertz CT molecular complexity index is 3120. The minimum atomic E-state index is -5.36. The number of halogens is 8. The molecule has 2 aliphatic heterocycles. The van der Waals surface area contributed by atoms with E-state index >= 15 is 8.78 Å². The summed E-state index contributed by atoms with van der Waals surface area (Å²) in [5.41, 5.74) is -5.41. The van der Waals surface area contributed by atoms with Crippen LogP contribution in [0, 0.1) is 35.3 Å². The molecule has 2 saturated heterocycles. The Morgan fingerprint density at radius 2 is 1.66 bits per heavy atom. The number of aryl methyl sites for hydroxylation is 1. The summed E-state index contributed by atoms with van der Waals surface area (Å²) in [5.74, 6) is -5.52. The standard InChI is InChI=1S/C53H52F8N8O6S2/c1-29-44(77-28-65-29)31-13-11-30(12-14-31)25-64-46(71)39-10-9-19-67(39)47(72)45(50(2,3)4)66-40(70)27-74-20-7-8-21-75-34-16-17-35(37(54)23-34)43-36(52(56,57)58)22-33(26-63-43)69-49(76)68(48(73)51(69,5)6)38-18-15-32(24-62)41(42(38)55)53(59,60)61/h11-18,22-23,26,28,39,45H,7-10,19-21,25,27H2,1-6H3,(H,64,71)(H,66,70)/t39-,45?/m0/s1. The van der Waals surface area contributed by atoms with Crippen LogP contribution in [0.2, 0.25) is 0 Å². The molecule has 4 heterocycles. The van der Waals surface area contributed by atoms with Gasteiger partial charge in [0.25, 0.3) is 5.91 Å². The van der Waals surface area contributed by atoms with E-state index in [9.17, 15) is 50.8 Å². The van der Waals surface area contributed by atoms with E-state index in [1.165, 1.54) is 30.9 Å². The molecule has 2 atom stereocenters. The number of benzene rings is 3. The van der Waals surface area contributed by atoms with Gasteiger partial charge in [-0.05, 0) is 106 Å². The van der Waals surface area contributed by atoms with Gasteiger partial charge in [0.1, 0.15) is 41.4 Å². The fraction of sp³-hybridized carbons (Fsp3) is 0.396. The largest absolute Gasteiger partial charge is 0.493 e. The fourth-order valence-electron chi connectivity index (χ4n) is 8.97. The van der Waals surface area contributed by atoms with Crippen molar-refractivity contribution >= 4 is 63.7 Å². The number of pyridine rings is 1. The summed E-state index contributed by atoms with van der Waals surface area (Å²) in [6.45, 7) is 10.1. The molecule has 2 aromatic heterocycles. The highest BCUT2D eigenvalue weighted by molar-refractivity contribution is 7.81. The van der Waals surface area contributed by atoms with Crippen molar-refractivity contribution in [3.8, 4) is 33.5 Å². The van der Waals surface area contributed by atoms with Crippen molar-refractivity contribution in [1.82, 2.24) is 25.5 Å². The number of rotatable bonds is 17. The first-order chi connectivity index (χ1) is 36.1. The summed E-state index contributed by atoms with van der Waals surface area (Å²) < 4.78 is 128. The van der Waals surface area contributed by atoms with Gasteiger partial charge in [0.05, 0.1) is 63.2 Å². The number of amides is 4. The summed E-state index contributed by atoms with van der Waals surface area (Å²) in [4.78, 5) is 66.1. The van der Waals surface area contributed by atoms with Crippen LogP contribution in [0.1, 0.15) is 88.2 Å². The van der Waals surface area contributed by atoms with Gasteiger partial charge < -0.3 is 29.9 Å². The molecule has 0 bridgehead atoms. The molecule has 4 amide bonds. The zero-order valence-corrected chi connectivity index (χ0v) is 44.1. The molecule has 0 spiro atoms. The maximum atomic E-state index is 15.6. The number of thiocarbonyl (C=S) groups is 1. The van der Waals surface area contributed by atoms with Crippen LogP contribution in [0.3, 0.4) is 0 Å². The molecular formula is C53H52F8N8O6S2. The predicted octanol–water partition coefficient (Wildman–Crippen LogP) is 10.3. The van der Waals surface area contributed by atoms with E-state index in [1.54, 1.807) is 37.6 Å². The molecular weight excluding hydrogens is 1060 g/mol. The van der Waals surface area contributed by atoms with Gasteiger partial charge >= 0.3 is 12.4 Å². The molecule has 14 nitrogen and oxygen atoms in total. The number of carbonyl (C=O) groups excluding carboxylic acids is 4. The minimum absolute atomic E-state index is 0.0188. The van der Waals surface area contributed by atoms with E-state index in [0.29, 0.717) is 49.3 Å². The minimum Gasteiger partial charge on any atom is -0.493 e. The average Bonchev–Trinajstić information content (AvgIpc) is 4.07. The van der Waals surface area contributed by atoms with E-state index < -0.39 is 103 Å². The van der Waals surface area contributed by atoms with E-state index in [4.69, 9.17) is 21.7 Å². The van der Waals surface area contributed by atoms with Crippen molar-refractivity contribution in [2.24, 2.45) is 5.41 Å². The van der Waals surface area contributed by atoms with Crippen LogP contribution < -0.4 is 25.2 Å². The number of nitrogens with zero attached hydrogens (tertiary/aromatic N) is 6. The maximum absolute atomic E-state index is 15.6. The molecule has 1 unspecified atom stereocenters. The molecule has 2 N–H and O–H groups in total. The van der Waals surface area contributed by atoms with Crippen LogP contribution in [0.15, 0.2) is 72.4 Å². The van der Waals surface area contributed by atoms with E-state index in [0.717, 1.165) is 51.0 Å². The smallest absolute Gasteiger partial charge is 0.420 e. The second-order valence-electron chi connectivity index (χ2n) is 19.8. The van der Waals surface area contributed by atoms with E-state index in [2.05, 4.69) is 20.6 Å². The van der Waals surface area contributed by atoms with Crippen LogP contribution in [0.4, 0.5) is 46.5 Å². The van der Waals surface area contributed by atoms with Crippen molar-refractivity contribution in [2.75, 3.05) is 36.2 Å². The normalized spacial score (nSPS) is 16.2. The lowest BCUT2D eigenvalue weighted by Gasteiger charge is -2.35. The van der Waals surface area contributed by atoms with Crippen LogP contribution in [-0.2, 0) is 42.8 Å². The summed E-state index contributed by atoms with van der Waals surface area (Å²) in [6, 6.07) is 12.4. The summed E-state index contributed by atoms with van der Waals surface area (Å²) in [7, 11) is 0. The van der Waals surface area contributed by atoms with E-state index in [1.807, 2.05) is 31.2 Å². The number of unbranched alkanes of at least 4 members (excludes halogenated alkanes) is 1. The van der Waals surface area contributed by atoms with Gasteiger partial charge in [0.2, 0.25) is 17.7 Å². The van der Waals surface area contributed by atoms with Gasteiger partial charge in [-0.25, -0.2) is 13.8 Å². The molecule has 5 aromatic rings. The average molecular weight is 1110 g/mol. The SMILES string of the molecule is Cc1ncsc1-c1ccc(CNC(=O)[C@@H]2CCCN2C(=O)C(NC(=O)COCCCCOc2ccc(-c3ncc(N4C(=S)N(c5ccc(C#N)c(C(F)(F)F)c5F)C(=O)C4(C)C)cc3C(F)(F)F)c(F)c2)C(C)(C)C)cc1. The quantitative estimate of drug-likeness (QED) is 0.0516. The van der Waals surface area contributed by atoms with E-state index in [-0.39, 0.29) is 43.9 Å². The molecule has 0 aliphatic carbocycles. The number of hydrogen-bond donors (Lipinski definition) is 2. The van der Waals surface area contributed by atoms with Crippen molar-refractivity contribution in [2.45, 2.75) is 104 Å². The Labute approximate surface area is 447 Å². The lowest BCUT2D eigenvalue weighted by molar-refractivity contribution is -0.144. The number of carbonyl (C=O) groups is 4. The molecule has 7 rings (SSSR count). The number of anilines is 2. The third kappa shape index (κ3) is 12.5. The number of nitrogens with one attached hydrogen (secondary N) is 2. The molecule has 0 saturated carbocycles. The van der Waals surface area contributed by atoms with Crippen LogP contribution in [0.5, 0.6) is 5.75 Å². The fourth-order valence-corrected chi connectivity index (χ4v) is 10.3. The first-order valence-corrected chi connectivity index (χ1v) is 25.4. The predicted molar refractivity (Wildman–Crippen MR) is 273 cm³/mol. The Balaban J connectivity index is 0.903. The van der Waals surface area contributed by atoms with Crippen LogP contribution in [0.25, 0.3) is 21.7 Å². The lowest BCUT2D eigenvalue weighted by Crippen LogP contribution is -2.58. The van der Waals surface area contributed by atoms with Crippen molar-refractivity contribution in [3.05, 3.63) is 112 Å². The molecule has 3 aromatic carbocycles. The van der Waals surface area contributed by atoms with Crippen LogP contribution >= 0.6 is 23.6 Å². The number of thiazole rings is 1. The van der Waals surface area contributed by atoms with Crippen molar-refractivity contribution in [3.63, 3.8) is 0 Å². The van der Waals surface area contributed by atoms with Gasteiger partial charge in [-0.3, -0.25) is 29.1 Å². The first-order valence-electron chi connectivity index (χ1n) is 24.1. The molecule has 2 aliphatic rings. The second-order valence-corrected chi connectivity index (χ2v) is 21.0. The molecule has 77 heavy (non-hydrogen) atoms. The van der Waals surface area contributed by atoms with Crippen molar-refractivity contribution in [1.29, 1.82) is 5.26 Å². The van der Waals surface area contributed by atoms with Gasteiger partial charge in [0.15, 0.2) is 10.9 Å². The number of ether oxygens (including phenoxy) is 2. The zero-order valence-electron chi connectivity index (χ0n) is 42.4. The first kappa shape index (κ1) is 57.6. The molecule has 408 valence electrons. The monoisotopic (exact) mass is 1110 g/mol. The Morgan fingerprint density at radius 1 is 0.961 bits per heavy atom. The Hall–Kier alpha value is -7.10. The summed E-state index contributed by atoms with van der Waals surface area (Å²) >= 11 is 6.90. The van der Waals surface area contributed by atoms with Crippen LogP contribution in [-0.4, -0.2) is 87.6 Å². The molecule has 2 fully saturated rings. The lowest BCUT2D eigenvalue weighted by atomic mass is 9.85. The summed E-state index contributed by atoms with van der Waals surface area (Å²) in [6.07, 6.45) is -7.89. The Kier molecular flexibility index (Phi) is 17.1. The highest BCUT2D eigenvalue weighted by atomic mass is 32.1. The second kappa shape index (κ2) is 22.9. The topological polar surface area (TPSA) is 170 Å². The highest BCUT2D eigenvalue weighted by Gasteiger charge is 2.53. The third-order valence-electron chi connectivity index (χ3n) is 12.9. The Morgan fingerprint density at radius 3 is 2.29 bits per heavy atom. The van der Waals surface area contributed by atoms with Gasteiger partial charge in [-0.1, -0.05) is 45.0 Å². The molecule has 0 radical (unpaired) electrons. The maximum Gasteiger partial charge on any atom is 0.420 e. The number of alkyl halides is 6. The number of nitriles is 1. The molecule has 24 heteroatoms. The van der Waals surface area contributed by atoms with Crippen molar-refractivity contribution < 1.29 is 63.8 Å². The number of hydrogen-bond acceptors (Lipinski definition) is 11. The van der Waals surface area contributed by atoms with Gasteiger partial charge in [-0.15, -0.1) is 11.3 Å².